The molecule has 3 N–H and O–H groups in total. The molecule has 2 amide bonds. The number of halogens is 2. The summed E-state index contributed by atoms with van der Waals surface area (Å²) in [5, 5.41) is 2.74. The molecular formula is C19H19Br2N3O3. The lowest BCUT2D eigenvalue weighted by molar-refractivity contribution is -0.124. The second kappa shape index (κ2) is 10.1. The predicted octanol–water partition coefficient (Wildman–Crippen LogP) is 4.06. The highest BCUT2D eigenvalue weighted by Crippen LogP contribution is 2.31. The SMILES string of the molecule is C=C(CC(=O)Nc1ccccc1)NNC(=O)COc1cc(C)c(Br)cc1Br. The number of hydrazine groups is 1. The van der Waals surface area contributed by atoms with Gasteiger partial charge in [0.25, 0.3) is 5.91 Å². The number of anilines is 1. The van der Waals surface area contributed by atoms with Crippen LogP contribution in [0.5, 0.6) is 5.75 Å². The molecule has 0 bridgehead atoms. The van der Waals surface area contributed by atoms with E-state index in [-0.39, 0.29) is 18.9 Å². The molecule has 0 aliphatic carbocycles. The maximum Gasteiger partial charge on any atom is 0.276 e. The van der Waals surface area contributed by atoms with Gasteiger partial charge in [-0.2, -0.15) is 0 Å². The number of ether oxygens (including phenoxy) is 1. The minimum absolute atomic E-state index is 0.0213. The van der Waals surface area contributed by atoms with E-state index in [1.807, 2.05) is 37.3 Å². The van der Waals surface area contributed by atoms with E-state index in [0.29, 0.717) is 17.1 Å². The molecule has 2 rings (SSSR count). The first kappa shape index (κ1) is 21.0. The second-order valence-electron chi connectivity index (χ2n) is 5.69. The Balaban J connectivity index is 1.72. The van der Waals surface area contributed by atoms with Crippen molar-refractivity contribution in [2.75, 3.05) is 11.9 Å². The van der Waals surface area contributed by atoms with E-state index in [2.05, 4.69) is 54.6 Å². The first-order chi connectivity index (χ1) is 12.8. The zero-order valence-corrected chi connectivity index (χ0v) is 17.8. The van der Waals surface area contributed by atoms with Crippen molar-refractivity contribution in [3.05, 3.63) is 69.2 Å². The Morgan fingerprint density at radius 3 is 2.44 bits per heavy atom. The summed E-state index contributed by atoms with van der Waals surface area (Å²) in [4.78, 5) is 23.8. The summed E-state index contributed by atoms with van der Waals surface area (Å²) in [5.74, 6) is -0.0718. The van der Waals surface area contributed by atoms with Gasteiger partial charge in [0.05, 0.1) is 10.9 Å². The van der Waals surface area contributed by atoms with Gasteiger partial charge >= 0.3 is 0 Å². The van der Waals surface area contributed by atoms with Gasteiger partial charge in [0, 0.05) is 15.9 Å². The number of hydrogen-bond donors (Lipinski definition) is 3. The van der Waals surface area contributed by atoms with E-state index >= 15 is 0 Å². The Hall–Kier alpha value is -2.32. The second-order valence-corrected chi connectivity index (χ2v) is 7.40. The van der Waals surface area contributed by atoms with Crippen molar-refractivity contribution in [3.63, 3.8) is 0 Å². The third kappa shape index (κ3) is 7.07. The van der Waals surface area contributed by atoms with Crippen molar-refractivity contribution in [2.24, 2.45) is 0 Å². The summed E-state index contributed by atoms with van der Waals surface area (Å²) in [6.07, 6.45) is 0.0213. The van der Waals surface area contributed by atoms with Crippen molar-refractivity contribution in [3.8, 4) is 5.75 Å². The van der Waals surface area contributed by atoms with Crippen LogP contribution < -0.4 is 20.9 Å². The molecule has 142 valence electrons. The molecule has 27 heavy (non-hydrogen) atoms. The minimum Gasteiger partial charge on any atom is -0.483 e. The maximum absolute atomic E-state index is 11.9. The Kier molecular flexibility index (Phi) is 7.87. The van der Waals surface area contributed by atoms with Crippen LogP contribution in [0, 0.1) is 6.92 Å². The fraction of sp³-hybridized carbons (Fsp3) is 0.158. The average Bonchev–Trinajstić information content (AvgIpc) is 2.62. The molecule has 0 fully saturated rings. The smallest absolute Gasteiger partial charge is 0.276 e. The zero-order valence-electron chi connectivity index (χ0n) is 14.6. The molecule has 0 aromatic heterocycles. The van der Waals surface area contributed by atoms with Crippen LogP contribution in [-0.2, 0) is 9.59 Å². The fourth-order valence-electron chi connectivity index (χ4n) is 2.04. The van der Waals surface area contributed by atoms with Crippen LogP contribution in [0.4, 0.5) is 5.69 Å². The Morgan fingerprint density at radius 1 is 1.04 bits per heavy atom. The summed E-state index contributed by atoms with van der Waals surface area (Å²) in [6, 6.07) is 12.8. The fourth-order valence-corrected chi connectivity index (χ4v) is 3.15. The summed E-state index contributed by atoms with van der Waals surface area (Å²) < 4.78 is 7.18. The number of amides is 2. The van der Waals surface area contributed by atoms with E-state index in [1.165, 1.54) is 0 Å². The first-order valence-electron chi connectivity index (χ1n) is 8.01. The highest BCUT2D eigenvalue weighted by Gasteiger charge is 2.09. The van der Waals surface area contributed by atoms with Crippen molar-refractivity contribution in [1.82, 2.24) is 10.9 Å². The van der Waals surface area contributed by atoms with Gasteiger partial charge in [-0.1, -0.05) is 40.7 Å². The minimum atomic E-state index is -0.396. The predicted molar refractivity (Wildman–Crippen MR) is 112 cm³/mol. The Labute approximate surface area is 174 Å². The lowest BCUT2D eigenvalue weighted by Crippen LogP contribution is -2.40. The third-order valence-corrected chi connectivity index (χ3v) is 4.86. The summed E-state index contributed by atoms with van der Waals surface area (Å²) >= 11 is 6.81. The summed E-state index contributed by atoms with van der Waals surface area (Å²) in [5.41, 5.74) is 7.11. The summed E-state index contributed by atoms with van der Waals surface area (Å²) in [6.45, 7) is 5.46. The normalized spacial score (nSPS) is 10.0. The molecule has 0 spiro atoms. The van der Waals surface area contributed by atoms with Gasteiger partial charge in [-0.15, -0.1) is 0 Å². The third-order valence-electron chi connectivity index (χ3n) is 3.38. The van der Waals surface area contributed by atoms with Gasteiger partial charge in [0.15, 0.2) is 6.61 Å². The van der Waals surface area contributed by atoms with Crippen LogP contribution in [0.25, 0.3) is 0 Å². The van der Waals surface area contributed by atoms with E-state index in [9.17, 15) is 9.59 Å². The molecule has 8 heteroatoms. The van der Waals surface area contributed by atoms with Crippen LogP contribution in [0.3, 0.4) is 0 Å². The van der Waals surface area contributed by atoms with E-state index in [4.69, 9.17) is 4.74 Å². The monoisotopic (exact) mass is 495 g/mol. The number of carbonyl (C=O) groups is 2. The van der Waals surface area contributed by atoms with Crippen LogP contribution in [0.2, 0.25) is 0 Å². The molecule has 0 aliphatic heterocycles. The van der Waals surface area contributed by atoms with Crippen LogP contribution in [0.15, 0.2) is 63.7 Å². The van der Waals surface area contributed by atoms with E-state index in [1.54, 1.807) is 12.1 Å². The number of nitrogens with one attached hydrogen (secondary N) is 3. The quantitative estimate of drug-likeness (QED) is 0.481. The standard InChI is InChI=1S/C19H19Br2N3O3/c1-12-8-17(16(21)10-15(12)20)27-11-19(26)24-23-13(2)9-18(25)22-14-6-4-3-5-7-14/h3-8,10,23H,2,9,11H2,1H3,(H,22,25)(H,24,26). The molecule has 0 aliphatic rings. The molecule has 0 saturated heterocycles. The Bertz CT molecular complexity index is 842. The number of carbonyl (C=O) groups excluding carboxylic acids is 2. The molecule has 0 heterocycles. The number of para-hydroxylation sites is 1. The van der Waals surface area contributed by atoms with E-state index in [0.717, 1.165) is 14.5 Å². The van der Waals surface area contributed by atoms with Gasteiger partial charge in [0.1, 0.15) is 5.75 Å². The lowest BCUT2D eigenvalue weighted by Gasteiger charge is -2.13. The van der Waals surface area contributed by atoms with Gasteiger partial charge in [-0.3, -0.25) is 15.0 Å². The average molecular weight is 497 g/mol. The summed E-state index contributed by atoms with van der Waals surface area (Å²) in [7, 11) is 0. The topological polar surface area (TPSA) is 79.5 Å². The molecular weight excluding hydrogens is 478 g/mol. The Morgan fingerprint density at radius 2 is 1.74 bits per heavy atom. The molecule has 2 aromatic rings. The molecule has 0 atom stereocenters. The van der Waals surface area contributed by atoms with Gasteiger partial charge < -0.3 is 15.5 Å². The van der Waals surface area contributed by atoms with Crippen LogP contribution in [-0.4, -0.2) is 18.4 Å². The van der Waals surface area contributed by atoms with Crippen molar-refractivity contribution < 1.29 is 14.3 Å². The van der Waals surface area contributed by atoms with Crippen LogP contribution in [0.1, 0.15) is 12.0 Å². The number of aryl methyl sites for hydroxylation is 1. The molecule has 2 aromatic carbocycles. The van der Waals surface area contributed by atoms with Gasteiger partial charge in [0.2, 0.25) is 5.91 Å². The largest absolute Gasteiger partial charge is 0.483 e. The van der Waals surface area contributed by atoms with Crippen LogP contribution >= 0.6 is 31.9 Å². The molecule has 0 saturated carbocycles. The lowest BCUT2D eigenvalue weighted by atomic mass is 10.2. The maximum atomic E-state index is 11.9. The molecule has 0 unspecified atom stereocenters. The zero-order chi connectivity index (χ0) is 19.8. The number of hydrogen-bond acceptors (Lipinski definition) is 4. The number of rotatable bonds is 8. The molecule has 0 radical (unpaired) electrons. The first-order valence-corrected chi connectivity index (χ1v) is 9.59. The van der Waals surface area contributed by atoms with Crippen molar-refractivity contribution in [2.45, 2.75) is 13.3 Å². The number of benzene rings is 2. The highest BCUT2D eigenvalue weighted by atomic mass is 79.9. The van der Waals surface area contributed by atoms with Gasteiger partial charge in [-0.05, 0) is 52.7 Å². The van der Waals surface area contributed by atoms with Crippen molar-refractivity contribution >= 4 is 49.4 Å². The molecule has 6 nitrogen and oxygen atoms in total. The van der Waals surface area contributed by atoms with Crippen molar-refractivity contribution in [1.29, 1.82) is 0 Å². The van der Waals surface area contributed by atoms with E-state index < -0.39 is 5.91 Å². The highest BCUT2D eigenvalue weighted by molar-refractivity contribution is 9.11. The van der Waals surface area contributed by atoms with Gasteiger partial charge in [-0.25, -0.2) is 0 Å².